The first-order valence-corrected chi connectivity index (χ1v) is 3.78. The minimum atomic E-state index is 0.645. The van der Waals surface area contributed by atoms with E-state index in [4.69, 9.17) is 12.6 Å². The van der Waals surface area contributed by atoms with Gasteiger partial charge in [0.15, 0.2) is 5.16 Å². The van der Waals surface area contributed by atoms with Crippen LogP contribution in [-0.4, -0.2) is 9.55 Å². The summed E-state index contributed by atoms with van der Waals surface area (Å²) >= 11 is 5.01. The zero-order valence-electron chi connectivity index (χ0n) is 6.11. The predicted octanol–water partition coefficient (Wildman–Crippen LogP) is 2.13. The number of benzene rings is 1. The van der Waals surface area contributed by atoms with Crippen LogP contribution in [-0.2, 0) is 7.05 Å². The molecule has 55 valence electrons. The number of hydrogen-bond acceptors (Lipinski definition) is 1. The van der Waals surface area contributed by atoms with Crippen molar-refractivity contribution in [3.63, 3.8) is 0 Å². The van der Waals surface area contributed by atoms with Crippen LogP contribution in [0.1, 0.15) is 0 Å². The smallest absolute Gasteiger partial charge is 0.200 e. The van der Waals surface area contributed by atoms with Gasteiger partial charge in [0.25, 0.3) is 0 Å². The maximum atomic E-state index is 5.01. The number of nitrogens with zero attached hydrogens (tertiary/aromatic N) is 2. The van der Waals surface area contributed by atoms with Crippen molar-refractivity contribution < 1.29 is 0 Å². The molecular weight excluding hydrogens is 156 g/mol. The molecule has 0 aliphatic carbocycles. The van der Waals surface area contributed by atoms with Crippen LogP contribution in [0.25, 0.3) is 11.0 Å². The molecule has 0 unspecified atom stereocenters. The first-order chi connectivity index (χ1) is 5.29. The van der Waals surface area contributed by atoms with Gasteiger partial charge >= 0.3 is 0 Å². The van der Waals surface area contributed by atoms with E-state index in [2.05, 4.69) is 4.98 Å². The lowest BCUT2D eigenvalue weighted by Gasteiger charge is -1.92. The molecule has 1 heterocycles. The van der Waals surface area contributed by atoms with Crippen molar-refractivity contribution in [3.05, 3.63) is 24.3 Å². The third kappa shape index (κ3) is 0.886. The topological polar surface area (TPSA) is 17.8 Å². The average Bonchev–Trinajstić information content (AvgIpc) is 2.30. The Morgan fingerprint density at radius 3 is 2.82 bits per heavy atom. The van der Waals surface area contributed by atoms with Crippen molar-refractivity contribution in [1.29, 1.82) is 0 Å². The summed E-state index contributed by atoms with van der Waals surface area (Å²) in [6.45, 7) is 0. The van der Waals surface area contributed by atoms with Crippen LogP contribution in [0, 0.1) is 0 Å². The van der Waals surface area contributed by atoms with Crippen molar-refractivity contribution in [2.45, 2.75) is 5.16 Å². The highest BCUT2D eigenvalue weighted by Crippen LogP contribution is 2.15. The minimum Gasteiger partial charge on any atom is -0.318 e. The summed E-state index contributed by atoms with van der Waals surface area (Å²) < 4.78 is 1.91. The molecule has 2 rings (SSSR count). The van der Waals surface area contributed by atoms with E-state index in [1.807, 2.05) is 35.9 Å². The highest BCUT2D eigenvalue weighted by molar-refractivity contribution is 7.80. The fourth-order valence-corrected chi connectivity index (χ4v) is 1.32. The average molecular weight is 163 g/mol. The standard InChI is InChI=1S/C8H7N2S/c1-10-7-5-3-2-4-6(7)9-8(10)11/h2-5H,1H3. The van der Waals surface area contributed by atoms with Crippen LogP contribution in [0.2, 0.25) is 0 Å². The number of imidazole rings is 1. The van der Waals surface area contributed by atoms with Crippen molar-refractivity contribution >= 4 is 23.7 Å². The molecule has 1 aromatic carbocycles. The van der Waals surface area contributed by atoms with Crippen molar-refractivity contribution in [3.8, 4) is 0 Å². The van der Waals surface area contributed by atoms with Gasteiger partial charge in [-0.2, -0.15) is 0 Å². The van der Waals surface area contributed by atoms with Gasteiger partial charge in [0.05, 0.1) is 11.0 Å². The summed E-state index contributed by atoms with van der Waals surface area (Å²) in [7, 11) is 1.93. The van der Waals surface area contributed by atoms with Gasteiger partial charge in [0, 0.05) is 7.05 Å². The largest absolute Gasteiger partial charge is 0.318 e. The Morgan fingerprint density at radius 1 is 1.36 bits per heavy atom. The quantitative estimate of drug-likeness (QED) is 0.581. The molecular formula is C8H7N2S. The van der Waals surface area contributed by atoms with Gasteiger partial charge in [0.1, 0.15) is 0 Å². The summed E-state index contributed by atoms with van der Waals surface area (Å²) in [5, 5.41) is 0.645. The van der Waals surface area contributed by atoms with Crippen LogP contribution in [0.15, 0.2) is 29.4 Å². The van der Waals surface area contributed by atoms with Crippen molar-refractivity contribution in [2.75, 3.05) is 0 Å². The predicted molar refractivity (Wildman–Crippen MR) is 46.6 cm³/mol. The van der Waals surface area contributed by atoms with Gasteiger partial charge in [-0.1, -0.05) is 12.1 Å². The lowest BCUT2D eigenvalue weighted by molar-refractivity contribution is 0.819. The van der Waals surface area contributed by atoms with E-state index >= 15 is 0 Å². The molecule has 0 saturated heterocycles. The molecule has 0 aliphatic heterocycles. The molecule has 0 N–H and O–H groups in total. The number of aromatic nitrogens is 2. The first-order valence-electron chi connectivity index (χ1n) is 3.37. The van der Waals surface area contributed by atoms with Gasteiger partial charge in [-0.3, -0.25) is 0 Å². The second kappa shape index (κ2) is 2.20. The van der Waals surface area contributed by atoms with E-state index in [0.29, 0.717) is 5.16 Å². The van der Waals surface area contributed by atoms with Gasteiger partial charge < -0.3 is 4.57 Å². The van der Waals surface area contributed by atoms with Crippen LogP contribution in [0.4, 0.5) is 0 Å². The number of hydrogen-bond donors (Lipinski definition) is 0. The molecule has 2 nitrogen and oxygen atoms in total. The zero-order valence-corrected chi connectivity index (χ0v) is 6.93. The van der Waals surface area contributed by atoms with Gasteiger partial charge in [-0.05, 0) is 24.8 Å². The highest BCUT2D eigenvalue weighted by Gasteiger charge is 2.01. The lowest BCUT2D eigenvalue weighted by atomic mass is 10.3. The Kier molecular flexibility index (Phi) is 1.32. The normalized spacial score (nSPS) is 10.6. The molecule has 3 heteroatoms. The molecule has 0 bridgehead atoms. The molecule has 0 saturated carbocycles. The maximum Gasteiger partial charge on any atom is 0.200 e. The van der Waals surface area contributed by atoms with Crippen LogP contribution < -0.4 is 0 Å². The molecule has 0 atom stereocenters. The minimum absolute atomic E-state index is 0.645. The second-order valence-corrected chi connectivity index (χ2v) is 2.81. The molecule has 0 fully saturated rings. The lowest BCUT2D eigenvalue weighted by Crippen LogP contribution is -1.86. The molecule has 2 aromatic rings. The Hall–Kier alpha value is -1.09. The van der Waals surface area contributed by atoms with Gasteiger partial charge in [0.2, 0.25) is 0 Å². The summed E-state index contributed by atoms with van der Waals surface area (Å²) in [6.07, 6.45) is 0. The van der Waals surface area contributed by atoms with E-state index in [1.165, 1.54) is 0 Å². The Morgan fingerprint density at radius 2 is 2.09 bits per heavy atom. The van der Waals surface area contributed by atoms with Crippen LogP contribution in [0.5, 0.6) is 0 Å². The van der Waals surface area contributed by atoms with E-state index in [0.717, 1.165) is 11.0 Å². The summed E-state index contributed by atoms with van der Waals surface area (Å²) in [6, 6.07) is 7.92. The Balaban J connectivity index is 2.92. The second-order valence-electron chi connectivity index (χ2n) is 2.44. The van der Waals surface area contributed by atoms with E-state index in [9.17, 15) is 0 Å². The molecule has 11 heavy (non-hydrogen) atoms. The molecule has 0 spiro atoms. The van der Waals surface area contributed by atoms with Gasteiger partial charge in [-0.25, -0.2) is 4.98 Å². The van der Waals surface area contributed by atoms with Crippen LogP contribution in [0.3, 0.4) is 0 Å². The summed E-state index contributed by atoms with van der Waals surface area (Å²) in [5.74, 6) is 0. The van der Waals surface area contributed by atoms with E-state index < -0.39 is 0 Å². The first kappa shape index (κ1) is 6.61. The Labute approximate surface area is 70.3 Å². The number of aryl methyl sites for hydroxylation is 1. The third-order valence-corrected chi connectivity index (χ3v) is 2.11. The van der Waals surface area contributed by atoms with E-state index in [1.54, 1.807) is 0 Å². The van der Waals surface area contributed by atoms with Crippen LogP contribution >= 0.6 is 12.6 Å². The molecule has 1 radical (unpaired) electrons. The zero-order chi connectivity index (χ0) is 7.84. The van der Waals surface area contributed by atoms with Crippen molar-refractivity contribution in [2.24, 2.45) is 7.05 Å². The fourth-order valence-electron chi connectivity index (χ4n) is 1.12. The molecule has 0 aliphatic rings. The third-order valence-electron chi connectivity index (χ3n) is 1.75. The summed E-state index contributed by atoms with van der Waals surface area (Å²) in [5.41, 5.74) is 2.07. The Bertz CT molecular complexity index is 392. The SMILES string of the molecule is Cn1c([S])nc2ccccc21. The fraction of sp³-hybridized carbons (Fsp3) is 0.125. The maximum absolute atomic E-state index is 5.01. The molecule has 0 amide bonds. The summed E-state index contributed by atoms with van der Waals surface area (Å²) in [4.78, 5) is 4.19. The monoisotopic (exact) mass is 163 g/mol. The number of rotatable bonds is 0. The number of fused-ring (bicyclic) bond motifs is 1. The van der Waals surface area contributed by atoms with E-state index in [-0.39, 0.29) is 0 Å². The highest BCUT2D eigenvalue weighted by atomic mass is 32.1. The van der Waals surface area contributed by atoms with Crippen molar-refractivity contribution in [1.82, 2.24) is 9.55 Å². The number of para-hydroxylation sites is 2. The molecule has 1 aromatic heterocycles. The van der Waals surface area contributed by atoms with Gasteiger partial charge in [-0.15, -0.1) is 0 Å².